The molecule has 0 aromatic carbocycles. The SMILES string of the molecule is C=CC1(C)CC(c2cncc(CNC(=O)COCCC(C)=O)c2)=NO1. The minimum atomic E-state index is -0.489. The molecule has 1 aliphatic rings. The number of aromatic nitrogens is 1. The highest BCUT2D eigenvalue weighted by Gasteiger charge is 2.31. The van der Waals surface area contributed by atoms with Crippen molar-refractivity contribution >= 4 is 17.4 Å². The van der Waals surface area contributed by atoms with Gasteiger partial charge >= 0.3 is 0 Å². The minimum Gasteiger partial charge on any atom is -0.385 e. The van der Waals surface area contributed by atoms with E-state index in [9.17, 15) is 9.59 Å². The highest BCUT2D eigenvalue weighted by Crippen LogP contribution is 2.27. The highest BCUT2D eigenvalue weighted by molar-refractivity contribution is 6.01. The molecule has 1 atom stereocenters. The maximum atomic E-state index is 11.7. The largest absolute Gasteiger partial charge is 0.385 e. The summed E-state index contributed by atoms with van der Waals surface area (Å²) in [6.45, 7) is 7.68. The quantitative estimate of drug-likeness (QED) is 0.544. The molecule has 25 heavy (non-hydrogen) atoms. The molecule has 134 valence electrons. The van der Waals surface area contributed by atoms with Gasteiger partial charge in [0.15, 0.2) is 5.60 Å². The van der Waals surface area contributed by atoms with Crippen LogP contribution in [0.2, 0.25) is 0 Å². The molecular formula is C18H23N3O4. The number of rotatable bonds is 9. The Morgan fingerprint density at radius 1 is 1.48 bits per heavy atom. The van der Waals surface area contributed by atoms with Crippen LogP contribution in [0.5, 0.6) is 0 Å². The second-order valence-electron chi connectivity index (χ2n) is 6.19. The summed E-state index contributed by atoms with van der Waals surface area (Å²) in [5.74, 6) is -0.204. The van der Waals surface area contributed by atoms with E-state index in [4.69, 9.17) is 9.57 Å². The number of carbonyl (C=O) groups excluding carboxylic acids is 2. The maximum Gasteiger partial charge on any atom is 0.246 e. The Labute approximate surface area is 147 Å². The van der Waals surface area contributed by atoms with Crippen LogP contribution in [0.25, 0.3) is 0 Å². The molecule has 2 heterocycles. The van der Waals surface area contributed by atoms with E-state index in [2.05, 4.69) is 22.0 Å². The van der Waals surface area contributed by atoms with E-state index in [0.717, 1.165) is 16.8 Å². The van der Waals surface area contributed by atoms with Gasteiger partial charge in [-0.2, -0.15) is 0 Å². The van der Waals surface area contributed by atoms with Gasteiger partial charge in [0.2, 0.25) is 5.91 Å². The van der Waals surface area contributed by atoms with Gasteiger partial charge in [-0.15, -0.1) is 0 Å². The van der Waals surface area contributed by atoms with Crippen molar-refractivity contribution in [1.82, 2.24) is 10.3 Å². The van der Waals surface area contributed by atoms with Gasteiger partial charge in [0, 0.05) is 37.3 Å². The fourth-order valence-corrected chi connectivity index (χ4v) is 2.20. The van der Waals surface area contributed by atoms with Gasteiger partial charge in [0.25, 0.3) is 0 Å². The molecule has 0 fully saturated rings. The second kappa shape index (κ2) is 8.53. The number of hydrogen-bond donors (Lipinski definition) is 1. The third kappa shape index (κ3) is 5.79. The molecule has 0 spiro atoms. The zero-order valence-electron chi connectivity index (χ0n) is 14.6. The summed E-state index contributed by atoms with van der Waals surface area (Å²) in [5, 5.41) is 6.86. The van der Waals surface area contributed by atoms with Gasteiger partial charge in [-0.05, 0) is 31.6 Å². The molecule has 1 aromatic rings. The first-order chi connectivity index (χ1) is 11.9. The summed E-state index contributed by atoms with van der Waals surface area (Å²) in [5.41, 5.74) is 2.02. The molecule has 1 N–H and O–H groups in total. The average molecular weight is 345 g/mol. The molecule has 2 rings (SSSR count). The molecule has 1 unspecified atom stereocenters. The number of nitrogens with zero attached hydrogens (tertiary/aromatic N) is 2. The van der Waals surface area contributed by atoms with Crippen molar-refractivity contribution in [3.63, 3.8) is 0 Å². The van der Waals surface area contributed by atoms with Crippen LogP contribution in [0, 0.1) is 0 Å². The number of pyridine rings is 1. The molecule has 0 saturated heterocycles. The molecule has 0 radical (unpaired) electrons. The predicted octanol–water partition coefficient (Wildman–Crippen LogP) is 1.76. The number of ketones is 1. The number of nitrogens with one attached hydrogen (secondary N) is 1. The van der Waals surface area contributed by atoms with Crippen LogP contribution in [-0.4, -0.2) is 41.2 Å². The van der Waals surface area contributed by atoms with Crippen molar-refractivity contribution in [2.24, 2.45) is 5.16 Å². The van der Waals surface area contributed by atoms with Crippen LogP contribution in [0.4, 0.5) is 0 Å². The predicted molar refractivity (Wildman–Crippen MR) is 93.0 cm³/mol. The third-order valence-electron chi connectivity index (χ3n) is 3.76. The van der Waals surface area contributed by atoms with E-state index in [1.165, 1.54) is 6.92 Å². The number of amides is 1. The van der Waals surface area contributed by atoms with Gasteiger partial charge in [0.1, 0.15) is 12.4 Å². The van der Waals surface area contributed by atoms with E-state index in [1.54, 1.807) is 18.5 Å². The zero-order chi connectivity index (χ0) is 18.3. The lowest BCUT2D eigenvalue weighted by atomic mass is 9.96. The minimum absolute atomic E-state index is 0.0367. The van der Waals surface area contributed by atoms with Crippen molar-refractivity contribution in [1.29, 1.82) is 0 Å². The summed E-state index contributed by atoms with van der Waals surface area (Å²) in [4.78, 5) is 32.1. The summed E-state index contributed by atoms with van der Waals surface area (Å²) >= 11 is 0. The van der Waals surface area contributed by atoms with Gasteiger partial charge in [0.05, 0.1) is 12.3 Å². The molecule has 0 aliphatic carbocycles. The second-order valence-corrected chi connectivity index (χ2v) is 6.19. The smallest absolute Gasteiger partial charge is 0.246 e. The van der Waals surface area contributed by atoms with Gasteiger partial charge in [-0.25, -0.2) is 0 Å². The molecule has 1 aliphatic heterocycles. The van der Waals surface area contributed by atoms with Crippen LogP contribution >= 0.6 is 0 Å². The van der Waals surface area contributed by atoms with Gasteiger partial charge in [-0.1, -0.05) is 11.7 Å². The first kappa shape index (κ1) is 18.8. The molecule has 0 bridgehead atoms. The lowest BCUT2D eigenvalue weighted by Gasteiger charge is -2.15. The Bertz CT molecular complexity index is 687. The Morgan fingerprint density at radius 2 is 2.28 bits per heavy atom. The van der Waals surface area contributed by atoms with E-state index in [1.807, 2.05) is 13.0 Å². The molecule has 7 heteroatoms. The summed E-state index contributed by atoms with van der Waals surface area (Å²) in [6, 6.07) is 1.92. The van der Waals surface area contributed by atoms with Crippen molar-refractivity contribution in [3.8, 4) is 0 Å². The standard InChI is InChI=1S/C18H23N3O4/c1-4-18(3)8-16(21-25-18)15-7-14(9-19-11-15)10-20-17(23)12-24-6-5-13(2)22/h4,7,9,11H,1,5-6,8,10,12H2,2-3H3,(H,20,23). The van der Waals surface area contributed by atoms with Crippen LogP contribution in [0.1, 0.15) is 37.8 Å². The van der Waals surface area contributed by atoms with Crippen molar-refractivity contribution in [3.05, 3.63) is 42.2 Å². The molecule has 7 nitrogen and oxygen atoms in total. The zero-order valence-corrected chi connectivity index (χ0v) is 14.6. The van der Waals surface area contributed by atoms with Gasteiger partial charge in [-0.3, -0.25) is 14.6 Å². The Morgan fingerprint density at radius 3 is 2.96 bits per heavy atom. The number of Topliss-reactive ketones (excluding diaryl/α,β-unsaturated/α-hetero) is 1. The van der Waals surface area contributed by atoms with Crippen molar-refractivity contribution in [2.45, 2.75) is 38.8 Å². The third-order valence-corrected chi connectivity index (χ3v) is 3.76. The lowest BCUT2D eigenvalue weighted by Crippen LogP contribution is -2.27. The first-order valence-electron chi connectivity index (χ1n) is 8.09. The molecule has 1 aromatic heterocycles. The Balaban J connectivity index is 1.83. The fraction of sp³-hybridized carbons (Fsp3) is 0.444. The first-order valence-corrected chi connectivity index (χ1v) is 8.09. The monoisotopic (exact) mass is 345 g/mol. The number of ether oxygens (including phenoxy) is 1. The normalized spacial score (nSPS) is 19.0. The number of carbonyl (C=O) groups is 2. The van der Waals surface area contributed by atoms with Gasteiger partial charge < -0.3 is 14.9 Å². The molecule has 1 amide bonds. The van der Waals surface area contributed by atoms with E-state index < -0.39 is 5.60 Å². The summed E-state index contributed by atoms with van der Waals surface area (Å²) in [7, 11) is 0. The topological polar surface area (TPSA) is 89.9 Å². The fourth-order valence-electron chi connectivity index (χ4n) is 2.20. The van der Waals surface area contributed by atoms with Crippen LogP contribution in [0.15, 0.2) is 36.3 Å². The number of hydrogen-bond acceptors (Lipinski definition) is 6. The summed E-state index contributed by atoms with van der Waals surface area (Å²) < 4.78 is 5.14. The average Bonchev–Trinajstić information content (AvgIpc) is 3.00. The molecular weight excluding hydrogens is 322 g/mol. The van der Waals surface area contributed by atoms with Crippen LogP contribution < -0.4 is 5.32 Å². The van der Waals surface area contributed by atoms with E-state index in [0.29, 0.717) is 19.4 Å². The highest BCUT2D eigenvalue weighted by atomic mass is 16.7. The van der Waals surface area contributed by atoms with E-state index >= 15 is 0 Å². The van der Waals surface area contributed by atoms with Crippen molar-refractivity contribution in [2.75, 3.05) is 13.2 Å². The lowest BCUT2D eigenvalue weighted by molar-refractivity contribution is -0.127. The van der Waals surface area contributed by atoms with Crippen LogP contribution in [-0.2, 0) is 25.7 Å². The van der Waals surface area contributed by atoms with Crippen LogP contribution in [0.3, 0.4) is 0 Å². The van der Waals surface area contributed by atoms with E-state index in [-0.39, 0.29) is 24.9 Å². The Hall–Kier alpha value is -2.54. The van der Waals surface area contributed by atoms with Crippen molar-refractivity contribution < 1.29 is 19.2 Å². The number of oxime groups is 1. The molecule has 0 saturated carbocycles. The maximum absolute atomic E-state index is 11.7. The summed E-state index contributed by atoms with van der Waals surface area (Å²) in [6.07, 6.45) is 6.06. The Kier molecular flexibility index (Phi) is 6.41.